The number of rotatable bonds is 4. The van der Waals surface area contributed by atoms with Gasteiger partial charge in [-0.25, -0.2) is 13.2 Å². The molecule has 4 rings (SSSR count). The van der Waals surface area contributed by atoms with Crippen LogP contribution in [0.3, 0.4) is 0 Å². The number of nitrogens with zero attached hydrogens (tertiary/aromatic N) is 1. The summed E-state index contributed by atoms with van der Waals surface area (Å²) in [6.07, 6.45) is 0.766. The molecule has 1 amide bonds. The summed E-state index contributed by atoms with van der Waals surface area (Å²) in [6.45, 7) is 0.933. The molecule has 8 heteroatoms. The van der Waals surface area contributed by atoms with Crippen molar-refractivity contribution in [2.24, 2.45) is 0 Å². The van der Waals surface area contributed by atoms with Gasteiger partial charge >= 0.3 is 0 Å². The first kappa shape index (κ1) is 21.2. The van der Waals surface area contributed by atoms with Gasteiger partial charge in [0, 0.05) is 23.7 Å². The van der Waals surface area contributed by atoms with Crippen LogP contribution in [0.4, 0.5) is 13.2 Å². The van der Waals surface area contributed by atoms with Crippen molar-refractivity contribution in [2.45, 2.75) is 25.2 Å². The minimum Gasteiger partial charge on any atom is -0.346 e. The van der Waals surface area contributed by atoms with Gasteiger partial charge in [-0.05, 0) is 31.2 Å². The molecule has 1 aromatic heterocycles. The van der Waals surface area contributed by atoms with Crippen LogP contribution in [0.2, 0.25) is 0 Å². The average molecular weight is 424 g/mol. The number of piperidine rings is 1. The summed E-state index contributed by atoms with van der Waals surface area (Å²) in [7, 11) is 0. The lowest BCUT2D eigenvalue weighted by Crippen LogP contribution is -2.50. The number of carbonyl (C=O) groups excluding carboxylic acids is 1. The van der Waals surface area contributed by atoms with Gasteiger partial charge in [0.25, 0.3) is 5.91 Å². The number of nitrogens with one attached hydrogen (secondary N) is 2. The number of aromatic nitrogens is 1. The van der Waals surface area contributed by atoms with E-state index in [1.54, 1.807) is 34.9 Å². The van der Waals surface area contributed by atoms with Crippen LogP contribution < -0.4 is 10.6 Å². The summed E-state index contributed by atoms with van der Waals surface area (Å²) in [4.78, 5) is 12.8. The largest absolute Gasteiger partial charge is 0.346 e. The first-order valence-electron chi connectivity index (χ1n) is 9.21. The molecule has 0 saturated carbocycles. The molecule has 0 bridgehead atoms. The molecule has 2 heterocycles. The fourth-order valence-corrected chi connectivity index (χ4v) is 3.65. The molecule has 0 unspecified atom stereocenters. The Hall–Kier alpha value is -2.51. The second kappa shape index (κ2) is 8.88. The first-order valence-corrected chi connectivity index (χ1v) is 9.21. The maximum atomic E-state index is 14.5. The Morgan fingerprint density at radius 3 is 2.66 bits per heavy atom. The van der Waals surface area contributed by atoms with Crippen molar-refractivity contribution < 1.29 is 18.0 Å². The number of halogens is 4. The van der Waals surface area contributed by atoms with Crippen molar-refractivity contribution >= 4 is 29.2 Å². The predicted octanol–water partition coefficient (Wildman–Crippen LogP) is 3.82. The van der Waals surface area contributed by atoms with Crippen LogP contribution in [0.5, 0.6) is 0 Å². The molecule has 1 aliphatic rings. The Kier molecular flexibility index (Phi) is 6.49. The van der Waals surface area contributed by atoms with Crippen LogP contribution in [-0.2, 0) is 6.54 Å². The van der Waals surface area contributed by atoms with Gasteiger partial charge in [-0.1, -0.05) is 24.3 Å². The standard InChI is InChI=1S/C21H20F3N3O.ClH/c22-15-5-2-1-4-13(15)11-27-12-14(20-16(23)6-3-7-19(20)27)21(28)26-18-8-9-25-10-17(18)24;/h1-7,12,17-18,25H,8-11H2,(H,26,28);1H/t17-,18+;/m0./s1. The molecule has 0 spiro atoms. The number of hydrogen-bond acceptors (Lipinski definition) is 2. The second-order valence-corrected chi connectivity index (χ2v) is 6.98. The molecule has 154 valence electrons. The molecule has 2 atom stereocenters. The Balaban J connectivity index is 0.00000240. The average Bonchev–Trinajstić information content (AvgIpc) is 3.05. The van der Waals surface area contributed by atoms with Crippen LogP contribution in [0.1, 0.15) is 22.3 Å². The third-order valence-electron chi connectivity index (χ3n) is 5.12. The van der Waals surface area contributed by atoms with Crippen LogP contribution in [0, 0.1) is 11.6 Å². The number of alkyl halides is 1. The molecule has 4 nitrogen and oxygen atoms in total. The smallest absolute Gasteiger partial charge is 0.253 e. The monoisotopic (exact) mass is 423 g/mol. The van der Waals surface area contributed by atoms with Gasteiger partial charge in [0.05, 0.1) is 23.7 Å². The van der Waals surface area contributed by atoms with E-state index in [0.717, 1.165) is 0 Å². The molecule has 3 aromatic rings. The van der Waals surface area contributed by atoms with Crippen molar-refractivity contribution in [1.29, 1.82) is 0 Å². The minimum absolute atomic E-state index is 0. The van der Waals surface area contributed by atoms with Crippen LogP contribution in [0.25, 0.3) is 10.9 Å². The molecule has 1 aliphatic heterocycles. The number of fused-ring (bicyclic) bond motifs is 1. The Morgan fingerprint density at radius 1 is 1.14 bits per heavy atom. The highest BCUT2D eigenvalue weighted by atomic mass is 35.5. The molecule has 0 radical (unpaired) electrons. The molecule has 1 fully saturated rings. The summed E-state index contributed by atoms with van der Waals surface area (Å²) in [5, 5.41) is 5.77. The van der Waals surface area contributed by atoms with E-state index in [1.807, 2.05) is 0 Å². The van der Waals surface area contributed by atoms with Crippen LogP contribution >= 0.6 is 12.4 Å². The van der Waals surface area contributed by atoms with Crippen LogP contribution in [0.15, 0.2) is 48.7 Å². The molecule has 29 heavy (non-hydrogen) atoms. The zero-order valence-corrected chi connectivity index (χ0v) is 16.3. The van der Waals surface area contributed by atoms with E-state index >= 15 is 0 Å². The fourth-order valence-electron chi connectivity index (χ4n) is 3.65. The lowest BCUT2D eigenvalue weighted by Gasteiger charge is -2.27. The molecular formula is C21H21ClF3N3O. The van der Waals surface area contributed by atoms with E-state index in [-0.39, 0.29) is 42.3 Å². The van der Waals surface area contributed by atoms with E-state index in [4.69, 9.17) is 0 Å². The van der Waals surface area contributed by atoms with Gasteiger partial charge in [-0.15, -0.1) is 12.4 Å². The predicted molar refractivity (Wildman–Crippen MR) is 108 cm³/mol. The minimum atomic E-state index is -1.20. The number of amides is 1. The summed E-state index contributed by atoms with van der Waals surface area (Å²) >= 11 is 0. The third kappa shape index (κ3) is 4.26. The summed E-state index contributed by atoms with van der Waals surface area (Å²) in [5.74, 6) is -1.45. The van der Waals surface area contributed by atoms with E-state index in [2.05, 4.69) is 10.6 Å². The number of benzene rings is 2. The highest BCUT2D eigenvalue weighted by Crippen LogP contribution is 2.26. The summed E-state index contributed by atoms with van der Waals surface area (Å²) in [6, 6.07) is 10.2. The van der Waals surface area contributed by atoms with Crippen molar-refractivity contribution in [3.63, 3.8) is 0 Å². The van der Waals surface area contributed by atoms with Crippen molar-refractivity contribution in [2.75, 3.05) is 13.1 Å². The fraction of sp³-hybridized carbons (Fsp3) is 0.286. The van der Waals surface area contributed by atoms with E-state index in [9.17, 15) is 18.0 Å². The third-order valence-corrected chi connectivity index (χ3v) is 5.12. The maximum Gasteiger partial charge on any atom is 0.253 e. The van der Waals surface area contributed by atoms with Crippen LogP contribution in [-0.4, -0.2) is 35.8 Å². The zero-order valence-electron chi connectivity index (χ0n) is 15.5. The van der Waals surface area contributed by atoms with E-state index in [0.29, 0.717) is 24.0 Å². The van der Waals surface area contributed by atoms with Gasteiger partial charge in [-0.2, -0.15) is 0 Å². The summed E-state index contributed by atoms with van der Waals surface area (Å²) < 4.78 is 44.3. The van der Waals surface area contributed by atoms with Crippen molar-refractivity contribution in [1.82, 2.24) is 15.2 Å². The second-order valence-electron chi connectivity index (χ2n) is 6.98. The van der Waals surface area contributed by atoms with Gasteiger partial charge in [0.2, 0.25) is 0 Å². The highest BCUT2D eigenvalue weighted by molar-refractivity contribution is 6.07. The molecule has 2 aromatic carbocycles. The quantitative estimate of drug-likeness (QED) is 0.670. The first-order chi connectivity index (χ1) is 13.5. The SMILES string of the molecule is Cl.O=C(N[C@@H]1CCNC[C@@H]1F)c1cn(Cc2ccccc2F)c2cccc(F)c12. The van der Waals surface area contributed by atoms with Gasteiger partial charge in [0.1, 0.15) is 17.8 Å². The van der Waals surface area contributed by atoms with E-state index < -0.39 is 23.9 Å². The molecule has 0 aliphatic carbocycles. The topological polar surface area (TPSA) is 46.1 Å². The number of hydrogen-bond donors (Lipinski definition) is 2. The van der Waals surface area contributed by atoms with Gasteiger partial charge in [0.15, 0.2) is 0 Å². The van der Waals surface area contributed by atoms with Gasteiger partial charge in [-0.3, -0.25) is 4.79 Å². The molecule has 1 saturated heterocycles. The van der Waals surface area contributed by atoms with Gasteiger partial charge < -0.3 is 15.2 Å². The lowest BCUT2D eigenvalue weighted by molar-refractivity contribution is 0.0893. The Labute approximate surface area is 172 Å². The molecule has 2 N–H and O–H groups in total. The highest BCUT2D eigenvalue weighted by Gasteiger charge is 2.28. The normalized spacial score (nSPS) is 19.0. The van der Waals surface area contributed by atoms with Crippen molar-refractivity contribution in [3.05, 3.63) is 71.4 Å². The summed E-state index contributed by atoms with van der Waals surface area (Å²) in [5.41, 5.74) is 1.03. The van der Waals surface area contributed by atoms with Crippen molar-refractivity contribution in [3.8, 4) is 0 Å². The Bertz CT molecular complexity index is 1020. The maximum absolute atomic E-state index is 14.5. The number of carbonyl (C=O) groups is 1. The van der Waals surface area contributed by atoms with E-state index in [1.165, 1.54) is 18.3 Å². The lowest BCUT2D eigenvalue weighted by atomic mass is 10.0. The molecular weight excluding hydrogens is 403 g/mol. The zero-order chi connectivity index (χ0) is 19.7. The Morgan fingerprint density at radius 2 is 1.90 bits per heavy atom.